The second kappa shape index (κ2) is 7.94. The molecule has 23 heavy (non-hydrogen) atoms. The van der Waals surface area contributed by atoms with Gasteiger partial charge in [0.1, 0.15) is 11.5 Å². The van der Waals surface area contributed by atoms with Gasteiger partial charge in [-0.05, 0) is 60.7 Å². The summed E-state index contributed by atoms with van der Waals surface area (Å²) in [5.41, 5.74) is 0.766. The maximum atomic E-state index is 11.6. The Morgan fingerprint density at radius 1 is 1.04 bits per heavy atom. The smallest absolute Gasteiger partial charge is 0.228 e. The number of carbonyl (C=O) groups excluding carboxylic acids is 1. The highest BCUT2D eigenvalue weighted by atomic mass is 35.5. The van der Waals surface area contributed by atoms with Gasteiger partial charge in [-0.25, -0.2) is 0 Å². The van der Waals surface area contributed by atoms with Gasteiger partial charge in [0, 0.05) is 16.6 Å². The number of benzene rings is 2. The van der Waals surface area contributed by atoms with Crippen molar-refractivity contribution in [2.24, 2.45) is 5.92 Å². The molecule has 0 aromatic heterocycles. The minimum absolute atomic E-state index is 0.120. The Kier molecular flexibility index (Phi) is 5.96. The predicted molar refractivity (Wildman–Crippen MR) is 97.2 cm³/mol. The van der Waals surface area contributed by atoms with Crippen LogP contribution in [0, 0.1) is 5.92 Å². The first-order chi connectivity index (χ1) is 10.9. The van der Waals surface area contributed by atoms with Crippen LogP contribution in [0.4, 0.5) is 5.69 Å². The van der Waals surface area contributed by atoms with Crippen LogP contribution in [0.25, 0.3) is 0 Å². The largest absolute Gasteiger partial charge is 0.457 e. The molecule has 0 heterocycles. The lowest BCUT2D eigenvalue weighted by Crippen LogP contribution is -2.36. The van der Waals surface area contributed by atoms with E-state index in [1.165, 1.54) is 0 Å². The van der Waals surface area contributed by atoms with E-state index in [1.54, 1.807) is 38.1 Å². The van der Waals surface area contributed by atoms with Crippen molar-refractivity contribution in [1.29, 1.82) is 0 Å². The van der Waals surface area contributed by atoms with E-state index in [4.69, 9.17) is 28.6 Å². The van der Waals surface area contributed by atoms with Crippen molar-refractivity contribution in [3.8, 4) is 11.5 Å². The Labute approximate surface area is 145 Å². The predicted octanol–water partition coefficient (Wildman–Crippen LogP) is 4.60. The third kappa shape index (κ3) is 5.54. The maximum Gasteiger partial charge on any atom is 0.228 e. The summed E-state index contributed by atoms with van der Waals surface area (Å²) in [7, 11) is 0. The Hall–Kier alpha value is -2.11. The fraction of sp³-hybridized carbons (Fsp3) is 0.176. The second-order valence-corrected chi connectivity index (χ2v) is 6.02. The third-order valence-electron chi connectivity index (χ3n) is 2.92. The molecule has 0 aliphatic carbocycles. The van der Waals surface area contributed by atoms with Gasteiger partial charge in [0.25, 0.3) is 0 Å². The molecule has 6 heteroatoms. The van der Waals surface area contributed by atoms with Crippen molar-refractivity contribution < 1.29 is 9.53 Å². The highest BCUT2D eigenvalue weighted by Crippen LogP contribution is 2.24. The van der Waals surface area contributed by atoms with E-state index in [0.717, 1.165) is 5.69 Å². The van der Waals surface area contributed by atoms with E-state index >= 15 is 0 Å². The summed E-state index contributed by atoms with van der Waals surface area (Å²) in [5, 5.41) is 6.51. The lowest BCUT2D eigenvalue weighted by atomic mass is 10.2. The van der Waals surface area contributed by atoms with Gasteiger partial charge >= 0.3 is 0 Å². The van der Waals surface area contributed by atoms with E-state index in [-0.39, 0.29) is 16.9 Å². The molecule has 0 saturated carbocycles. The number of hydrogen-bond donors (Lipinski definition) is 2. The number of amides is 1. The molecule has 2 N–H and O–H groups in total. The Morgan fingerprint density at radius 2 is 1.57 bits per heavy atom. The molecule has 0 bridgehead atoms. The van der Waals surface area contributed by atoms with Crippen LogP contribution in [0.1, 0.15) is 13.8 Å². The number of ether oxygens (including phenoxy) is 1. The molecule has 0 spiro atoms. The second-order valence-electron chi connectivity index (χ2n) is 5.18. The highest BCUT2D eigenvalue weighted by Gasteiger charge is 2.08. The van der Waals surface area contributed by atoms with E-state index in [2.05, 4.69) is 10.6 Å². The summed E-state index contributed by atoms with van der Waals surface area (Å²) in [6, 6.07) is 14.4. The number of hydrogen-bond acceptors (Lipinski definition) is 3. The van der Waals surface area contributed by atoms with Gasteiger partial charge in [-0.15, -0.1) is 0 Å². The molecule has 1 amide bonds. The van der Waals surface area contributed by atoms with Crippen LogP contribution in [0.2, 0.25) is 5.02 Å². The van der Waals surface area contributed by atoms with Crippen LogP contribution < -0.4 is 15.4 Å². The molecule has 0 aliphatic heterocycles. The molecule has 0 aliphatic rings. The Morgan fingerprint density at radius 3 is 2.09 bits per heavy atom. The number of nitrogens with one attached hydrogen (secondary N) is 2. The number of rotatable bonds is 4. The summed E-state index contributed by atoms with van der Waals surface area (Å²) in [6.45, 7) is 3.61. The summed E-state index contributed by atoms with van der Waals surface area (Å²) >= 11 is 10.9. The van der Waals surface area contributed by atoms with Crippen molar-refractivity contribution in [3.05, 3.63) is 53.6 Å². The third-order valence-corrected chi connectivity index (χ3v) is 3.38. The lowest BCUT2D eigenvalue weighted by molar-refractivity contribution is -0.122. The molecule has 120 valence electrons. The van der Waals surface area contributed by atoms with E-state index in [0.29, 0.717) is 16.5 Å². The van der Waals surface area contributed by atoms with E-state index < -0.39 is 0 Å². The Balaban J connectivity index is 1.92. The molecule has 2 aromatic carbocycles. The highest BCUT2D eigenvalue weighted by molar-refractivity contribution is 7.80. The maximum absolute atomic E-state index is 11.6. The molecule has 0 atom stereocenters. The van der Waals surface area contributed by atoms with Crippen molar-refractivity contribution in [1.82, 2.24) is 5.32 Å². The molecular formula is C17H17ClN2O2S. The zero-order valence-corrected chi connectivity index (χ0v) is 14.4. The van der Waals surface area contributed by atoms with Crippen LogP contribution >= 0.6 is 23.8 Å². The fourth-order valence-corrected chi connectivity index (χ4v) is 2.01. The minimum Gasteiger partial charge on any atom is -0.457 e. The first-order valence-electron chi connectivity index (χ1n) is 7.09. The molecule has 0 radical (unpaired) electrons. The SMILES string of the molecule is CC(C)C(=O)NC(=S)Nc1ccc(Oc2ccc(Cl)cc2)cc1. The first kappa shape index (κ1) is 17.2. The number of anilines is 1. The fourth-order valence-electron chi connectivity index (χ4n) is 1.66. The average Bonchev–Trinajstić information content (AvgIpc) is 2.51. The zero-order chi connectivity index (χ0) is 16.8. The van der Waals surface area contributed by atoms with Gasteiger partial charge in [-0.1, -0.05) is 25.4 Å². The molecule has 2 rings (SSSR count). The van der Waals surface area contributed by atoms with Crippen molar-refractivity contribution in [2.45, 2.75) is 13.8 Å². The zero-order valence-electron chi connectivity index (χ0n) is 12.8. The van der Waals surface area contributed by atoms with Gasteiger partial charge in [0.2, 0.25) is 5.91 Å². The monoisotopic (exact) mass is 348 g/mol. The number of halogens is 1. The summed E-state index contributed by atoms with van der Waals surface area (Å²) in [4.78, 5) is 11.6. The summed E-state index contributed by atoms with van der Waals surface area (Å²) < 4.78 is 5.70. The van der Waals surface area contributed by atoms with Crippen LogP contribution in [0.15, 0.2) is 48.5 Å². The molecule has 2 aromatic rings. The van der Waals surface area contributed by atoms with Crippen molar-refractivity contribution in [2.75, 3.05) is 5.32 Å². The Bertz CT molecular complexity index is 685. The number of thiocarbonyl (C=S) groups is 1. The van der Waals surface area contributed by atoms with Gasteiger partial charge in [-0.3, -0.25) is 4.79 Å². The van der Waals surface area contributed by atoms with Crippen LogP contribution in [0.3, 0.4) is 0 Å². The topological polar surface area (TPSA) is 50.4 Å². The minimum atomic E-state index is -0.120. The normalized spacial score (nSPS) is 10.3. The van der Waals surface area contributed by atoms with Crippen LogP contribution in [0.5, 0.6) is 11.5 Å². The van der Waals surface area contributed by atoms with Gasteiger partial charge in [0.15, 0.2) is 5.11 Å². The van der Waals surface area contributed by atoms with Crippen LogP contribution in [-0.2, 0) is 4.79 Å². The van der Waals surface area contributed by atoms with Crippen molar-refractivity contribution in [3.63, 3.8) is 0 Å². The summed E-state index contributed by atoms with van der Waals surface area (Å²) in [6.07, 6.45) is 0. The lowest BCUT2D eigenvalue weighted by Gasteiger charge is -2.12. The first-order valence-corrected chi connectivity index (χ1v) is 7.88. The molecule has 0 unspecified atom stereocenters. The van der Waals surface area contributed by atoms with Crippen LogP contribution in [-0.4, -0.2) is 11.0 Å². The van der Waals surface area contributed by atoms with Gasteiger partial charge in [0.05, 0.1) is 0 Å². The molecular weight excluding hydrogens is 332 g/mol. The number of carbonyl (C=O) groups is 1. The molecule has 0 fully saturated rings. The van der Waals surface area contributed by atoms with E-state index in [9.17, 15) is 4.79 Å². The quantitative estimate of drug-likeness (QED) is 0.793. The van der Waals surface area contributed by atoms with Gasteiger partial charge in [-0.2, -0.15) is 0 Å². The molecule has 4 nitrogen and oxygen atoms in total. The van der Waals surface area contributed by atoms with Gasteiger partial charge < -0.3 is 15.4 Å². The summed E-state index contributed by atoms with van der Waals surface area (Å²) in [5.74, 6) is 1.15. The van der Waals surface area contributed by atoms with Crippen molar-refractivity contribution >= 4 is 40.5 Å². The average molecular weight is 349 g/mol. The standard InChI is InChI=1S/C17H17ClN2O2S/c1-11(2)16(21)20-17(23)19-13-5-9-15(10-6-13)22-14-7-3-12(18)4-8-14/h3-11H,1-2H3,(H2,19,20,21,23). The molecule has 0 saturated heterocycles. The van der Waals surface area contributed by atoms with E-state index in [1.807, 2.05) is 24.3 Å².